The van der Waals surface area contributed by atoms with Gasteiger partial charge in [-0.3, -0.25) is 4.79 Å². The maximum Gasteiger partial charge on any atom is 0.320 e. The Labute approximate surface area is 63.5 Å². The van der Waals surface area contributed by atoms with Gasteiger partial charge in [0.2, 0.25) is 10.0 Å². The third kappa shape index (κ3) is 5.32. The van der Waals surface area contributed by atoms with Gasteiger partial charge in [0.05, 0.1) is 12.6 Å². The zero-order valence-corrected chi connectivity index (χ0v) is 6.26. The molecule has 0 aliphatic carbocycles. The van der Waals surface area contributed by atoms with E-state index in [0.29, 0.717) is 0 Å². The Balaban J connectivity index is 4.05. The molecule has 0 amide bonds. The number of rotatable bonds is 4. The zero-order valence-electron chi connectivity index (χ0n) is 5.44. The molecule has 0 saturated heterocycles. The van der Waals surface area contributed by atoms with Crippen molar-refractivity contribution in [2.24, 2.45) is 0 Å². The molecule has 0 fully saturated rings. The lowest BCUT2D eigenvalue weighted by molar-refractivity contribution is -0.134. The van der Waals surface area contributed by atoms with Gasteiger partial charge in [0.1, 0.15) is 0 Å². The van der Waals surface area contributed by atoms with Crippen molar-refractivity contribution >= 4 is 16.0 Å². The number of nitriles is 1. The normalized spacial score (nSPS) is 10.5. The molecule has 0 aliphatic heterocycles. The first-order valence-corrected chi connectivity index (χ1v) is 4.19. The summed E-state index contributed by atoms with van der Waals surface area (Å²) in [4.78, 5) is 9.88. The monoisotopic (exact) mass is 178 g/mol. The van der Waals surface area contributed by atoms with Gasteiger partial charge in [-0.05, 0) is 0 Å². The molecule has 0 unspecified atom stereocenters. The standard InChI is InChI=1S/C4H6N2O4S/c5-1-2-6-11(9,10)3-4(7)8/h6H,2-3H2,(H,7,8). The molecule has 62 valence electrons. The van der Waals surface area contributed by atoms with Crippen LogP contribution in [0, 0.1) is 11.3 Å². The molecular weight excluding hydrogens is 172 g/mol. The van der Waals surface area contributed by atoms with E-state index < -0.39 is 28.3 Å². The van der Waals surface area contributed by atoms with Crippen LogP contribution in [-0.4, -0.2) is 31.8 Å². The molecule has 6 nitrogen and oxygen atoms in total. The second-order valence-corrected chi connectivity index (χ2v) is 3.44. The summed E-state index contributed by atoms with van der Waals surface area (Å²) >= 11 is 0. The van der Waals surface area contributed by atoms with Crippen molar-refractivity contribution in [3.8, 4) is 6.07 Å². The lowest BCUT2D eigenvalue weighted by Gasteiger charge is -1.97. The van der Waals surface area contributed by atoms with Crippen molar-refractivity contribution in [3.63, 3.8) is 0 Å². The maximum atomic E-state index is 10.6. The highest BCUT2D eigenvalue weighted by Gasteiger charge is 2.13. The zero-order chi connectivity index (χ0) is 8.91. The summed E-state index contributed by atoms with van der Waals surface area (Å²) in [6.07, 6.45) is 0. The van der Waals surface area contributed by atoms with Gasteiger partial charge in [-0.25, -0.2) is 13.1 Å². The van der Waals surface area contributed by atoms with E-state index in [4.69, 9.17) is 10.4 Å². The van der Waals surface area contributed by atoms with Crippen molar-refractivity contribution in [3.05, 3.63) is 0 Å². The lowest BCUT2D eigenvalue weighted by Crippen LogP contribution is -2.30. The Kier molecular flexibility index (Phi) is 3.50. The van der Waals surface area contributed by atoms with E-state index in [2.05, 4.69) is 0 Å². The number of nitrogens with zero attached hydrogens (tertiary/aromatic N) is 1. The average Bonchev–Trinajstić information content (AvgIpc) is 1.81. The molecule has 0 heterocycles. The van der Waals surface area contributed by atoms with E-state index in [9.17, 15) is 13.2 Å². The lowest BCUT2D eigenvalue weighted by atomic mass is 10.8. The second kappa shape index (κ2) is 3.90. The van der Waals surface area contributed by atoms with Gasteiger partial charge < -0.3 is 5.11 Å². The van der Waals surface area contributed by atoms with Gasteiger partial charge in [0, 0.05) is 0 Å². The van der Waals surface area contributed by atoms with Crippen LogP contribution < -0.4 is 4.72 Å². The molecule has 0 rings (SSSR count). The van der Waals surface area contributed by atoms with Crippen LogP contribution in [-0.2, 0) is 14.8 Å². The minimum absolute atomic E-state index is 0.407. The van der Waals surface area contributed by atoms with Crippen LogP contribution in [0.15, 0.2) is 0 Å². The fourth-order valence-electron chi connectivity index (χ4n) is 0.356. The fraction of sp³-hybridized carbons (Fsp3) is 0.500. The summed E-state index contributed by atoms with van der Waals surface area (Å²) in [7, 11) is -3.82. The molecule has 0 atom stereocenters. The van der Waals surface area contributed by atoms with Crippen LogP contribution >= 0.6 is 0 Å². The molecule has 0 saturated carbocycles. The topological polar surface area (TPSA) is 107 Å². The first-order valence-electron chi connectivity index (χ1n) is 2.54. The highest BCUT2D eigenvalue weighted by Crippen LogP contribution is 1.81. The summed E-state index contributed by atoms with van der Waals surface area (Å²) in [6, 6.07) is 1.51. The molecule has 0 radical (unpaired) electrons. The number of carboxylic acid groups (broad SMARTS) is 1. The number of carboxylic acids is 1. The Morgan fingerprint density at radius 1 is 1.64 bits per heavy atom. The summed E-state index contributed by atoms with van der Waals surface area (Å²) in [6.45, 7) is -0.407. The van der Waals surface area contributed by atoms with Gasteiger partial charge in [-0.15, -0.1) is 0 Å². The Morgan fingerprint density at radius 3 is 2.55 bits per heavy atom. The molecular formula is C4H6N2O4S. The number of aliphatic carboxylic acids is 1. The van der Waals surface area contributed by atoms with Crippen LogP contribution in [0.4, 0.5) is 0 Å². The van der Waals surface area contributed by atoms with Crippen molar-refractivity contribution in [1.29, 1.82) is 5.26 Å². The van der Waals surface area contributed by atoms with Gasteiger partial charge in [0.25, 0.3) is 0 Å². The van der Waals surface area contributed by atoms with Crippen LogP contribution in [0.5, 0.6) is 0 Å². The van der Waals surface area contributed by atoms with Gasteiger partial charge in [-0.1, -0.05) is 0 Å². The Bertz CT molecular complexity index is 275. The molecule has 11 heavy (non-hydrogen) atoms. The largest absolute Gasteiger partial charge is 0.480 e. The Hall–Kier alpha value is -1.13. The quantitative estimate of drug-likeness (QED) is 0.510. The predicted octanol–water partition coefficient (Wildman–Crippen LogP) is -1.49. The maximum absolute atomic E-state index is 10.6. The number of nitrogens with one attached hydrogen (secondary N) is 1. The van der Waals surface area contributed by atoms with Crippen molar-refractivity contribution in [2.75, 3.05) is 12.3 Å². The molecule has 0 aromatic heterocycles. The molecule has 7 heteroatoms. The number of hydrogen-bond donors (Lipinski definition) is 2. The first kappa shape index (κ1) is 9.87. The van der Waals surface area contributed by atoms with E-state index >= 15 is 0 Å². The number of sulfonamides is 1. The number of carbonyl (C=O) groups is 1. The first-order chi connectivity index (χ1) is 4.98. The molecule has 0 aromatic rings. The van der Waals surface area contributed by atoms with Crippen LogP contribution in [0.3, 0.4) is 0 Å². The molecule has 2 N–H and O–H groups in total. The SMILES string of the molecule is N#CCNS(=O)(=O)CC(=O)O. The summed E-state index contributed by atoms with van der Waals surface area (Å²) < 4.78 is 22.9. The Morgan fingerprint density at radius 2 is 2.18 bits per heavy atom. The van der Waals surface area contributed by atoms with E-state index in [-0.39, 0.29) is 0 Å². The summed E-state index contributed by atoms with van der Waals surface area (Å²) in [5.74, 6) is -2.45. The van der Waals surface area contributed by atoms with Gasteiger partial charge in [0.15, 0.2) is 5.75 Å². The van der Waals surface area contributed by atoms with Gasteiger partial charge >= 0.3 is 5.97 Å². The van der Waals surface area contributed by atoms with Gasteiger partial charge in [-0.2, -0.15) is 5.26 Å². The van der Waals surface area contributed by atoms with E-state index in [1.54, 1.807) is 4.72 Å². The predicted molar refractivity (Wildman–Crippen MR) is 35.0 cm³/mol. The third-order valence-corrected chi connectivity index (χ3v) is 1.90. The molecule has 0 bridgehead atoms. The second-order valence-electron chi connectivity index (χ2n) is 1.63. The third-order valence-electron chi connectivity index (χ3n) is 0.685. The average molecular weight is 178 g/mol. The van der Waals surface area contributed by atoms with Crippen molar-refractivity contribution in [1.82, 2.24) is 4.72 Å². The molecule has 0 aliphatic rings. The smallest absolute Gasteiger partial charge is 0.320 e. The minimum atomic E-state index is -3.82. The van der Waals surface area contributed by atoms with Crippen LogP contribution in [0.25, 0.3) is 0 Å². The number of hydrogen-bond acceptors (Lipinski definition) is 4. The minimum Gasteiger partial charge on any atom is -0.480 e. The highest BCUT2D eigenvalue weighted by atomic mass is 32.2. The highest BCUT2D eigenvalue weighted by molar-refractivity contribution is 7.90. The fourth-order valence-corrected chi connectivity index (χ4v) is 1.07. The summed E-state index contributed by atoms with van der Waals surface area (Å²) in [5.41, 5.74) is 0. The van der Waals surface area contributed by atoms with Crippen molar-refractivity contribution in [2.45, 2.75) is 0 Å². The molecule has 0 spiro atoms. The van der Waals surface area contributed by atoms with E-state index in [0.717, 1.165) is 0 Å². The van der Waals surface area contributed by atoms with Crippen molar-refractivity contribution < 1.29 is 18.3 Å². The summed E-state index contributed by atoms with van der Waals surface area (Å²) in [5, 5.41) is 16.0. The van der Waals surface area contributed by atoms with Crippen LogP contribution in [0.2, 0.25) is 0 Å². The molecule has 0 aromatic carbocycles. The van der Waals surface area contributed by atoms with E-state index in [1.165, 1.54) is 6.07 Å². The van der Waals surface area contributed by atoms with E-state index in [1.807, 2.05) is 0 Å². The van der Waals surface area contributed by atoms with Crippen LogP contribution in [0.1, 0.15) is 0 Å².